The number of piperidine rings is 2. The fourth-order valence-electron chi connectivity index (χ4n) is 4.19. The van der Waals surface area contributed by atoms with E-state index in [0.717, 1.165) is 30.0 Å². The normalized spacial score (nSPS) is 26.0. The molecule has 3 heterocycles. The van der Waals surface area contributed by atoms with Gasteiger partial charge in [0.15, 0.2) is 0 Å². The van der Waals surface area contributed by atoms with Gasteiger partial charge in [-0.1, -0.05) is 12.1 Å². The molecule has 2 saturated heterocycles. The van der Waals surface area contributed by atoms with Crippen LogP contribution in [0.3, 0.4) is 0 Å². The summed E-state index contributed by atoms with van der Waals surface area (Å²) >= 11 is 0. The molecule has 7 heteroatoms. The first kappa shape index (κ1) is 18.9. The van der Waals surface area contributed by atoms with Crippen LogP contribution in [0.25, 0.3) is 0 Å². The minimum absolute atomic E-state index is 0. The van der Waals surface area contributed by atoms with Gasteiger partial charge in [-0.15, -0.1) is 12.4 Å². The molecule has 2 unspecified atom stereocenters. The molecule has 2 fully saturated rings. The van der Waals surface area contributed by atoms with Gasteiger partial charge in [-0.2, -0.15) is 5.01 Å². The maximum absolute atomic E-state index is 12.7. The van der Waals surface area contributed by atoms with Gasteiger partial charge in [-0.25, -0.2) is 5.01 Å². The van der Waals surface area contributed by atoms with Gasteiger partial charge in [0.2, 0.25) is 11.8 Å². The van der Waals surface area contributed by atoms with Crippen molar-refractivity contribution in [2.45, 2.75) is 57.5 Å². The monoisotopic (exact) mass is 377 g/mol. The summed E-state index contributed by atoms with van der Waals surface area (Å²) in [4.78, 5) is 37.0. The Morgan fingerprint density at radius 1 is 1.12 bits per heavy atom. The summed E-state index contributed by atoms with van der Waals surface area (Å²) < 4.78 is 0. The first-order valence-electron chi connectivity index (χ1n) is 9.08. The predicted molar refractivity (Wildman–Crippen MR) is 98.7 cm³/mol. The van der Waals surface area contributed by atoms with Crippen molar-refractivity contribution in [2.24, 2.45) is 0 Å². The number of rotatable bonds is 2. The molecule has 4 rings (SSSR count). The molecule has 3 amide bonds. The van der Waals surface area contributed by atoms with Crippen LogP contribution in [0.4, 0.5) is 0 Å². The quantitative estimate of drug-likeness (QED) is 0.803. The van der Waals surface area contributed by atoms with E-state index in [1.54, 1.807) is 0 Å². The topological polar surface area (TPSA) is 69.7 Å². The Labute approximate surface area is 159 Å². The lowest BCUT2D eigenvalue weighted by molar-refractivity contribution is -0.163. The molecule has 140 valence electrons. The van der Waals surface area contributed by atoms with Gasteiger partial charge in [0.25, 0.3) is 5.91 Å². The van der Waals surface area contributed by atoms with Crippen molar-refractivity contribution in [3.05, 3.63) is 34.9 Å². The molecular formula is C19H24ClN3O3. The number of nitrogens with one attached hydrogen (secondary N) is 1. The molecule has 0 aliphatic carbocycles. The molecule has 1 aromatic carbocycles. The third-order valence-electron chi connectivity index (χ3n) is 5.50. The van der Waals surface area contributed by atoms with Crippen molar-refractivity contribution in [3.63, 3.8) is 0 Å². The molecule has 26 heavy (non-hydrogen) atoms. The maximum atomic E-state index is 12.7. The zero-order valence-corrected chi connectivity index (χ0v) is 15.7. The molecule has 3 aliphatic heterocycles. The molecule has 6 nitrogen and oxygen atoms in total. The van der Waals surface area contributed by atoms with Gasteiger partial charge >= 0.3 is 0 Å². The number of carbonyl (C=O) groups excluding carboxylic acids is 3. The van der Waals surface area contributed by atoms with Crippen molar-refractivity contribution in [1.29, 1.82) is 0 Å². The molecule has 1 N–H and O–H groups in total. The summed E-state index contributed by atoms with van der Waals surface area (Å²) in [5.74, 6) is -0.303. The number of benzene rings is 1. The predicted octanol–water partition coefficient (Wildman–Crippen LogP) is 2.37. The van der Waals surface area contributed by atoms with E-state index in [1.807, 2.05) is 12.1 Å². The summed E-state index contributed by atoms with van der Waals surface area (Å²) in [6.07, 6.45) is 3.39. The van der Waals surface area contributed by atoms with Crippen molar-refractivity contribution in [2.75, 3.05) is 6.54 Å². The molecule has 2 atom stereocenters. The molecular weight excluding hydrogens is 354 g/mol. The number of imide groups is 1. The van der Waals surface area contributed by atoms with Crippen LogP contribution >= 0.6 is 12.4 Å². The summed E-state index contributed by atoms with van der Waals surface area (Å²) in [6, 6.07) is 6.48. The average Bonchev–Trinajstić information content (AvgIpc) is 2.91. The van der Waals surface area contributed by atoms with E-state index < -0.39 is 0 Å². The molecule has 1 aromatic rings. The molecule has 0 bridgehead atoms. The van der Waals surface area contributed by atoms with E-state index in [9.17, 15) is 14.4 Å². The molecule has 0 radical (unpaired) electrons. The number of amides is 3. The van der Waals surface area contributed by atoms with Gasteiger partial charge in [-0.3, -0.25) is 14.4 Å². The molecule has 0 aromatic heterocycles. The van der Waals surface area contributed by atoms with Crippen LogP contribution in [0.1, 0.15) is 66.4 Å². The summed E-state index contributed by atoms with van der Waals surface area (Å²) in [7, 11) is 0. The largest absolute Gasteiger partial charge is 0.314 e. The highest BCUT2D eigenvalue weighted by atomic mass is 35.5. The number of hydrogen-bond donors (Lipinski definition) is 1. The van der Waals surface area contributed by atoms with Gasteiger partial charge in [-0.05, 0) is 55.8 Å². The second-order valence-electron chi connectivity index (χ2n) is 7.31. The van der Waals surface area contributed by atoms with E-state index in [4.69, 9.17) is 0 Å². The van der Waals surface area contributed by atoms with E-state index >= 15 is 0 Å². The third kappa shape index (κ3) is 3.23. The van der Waals surface area contributed by atoms with E-state index in [2.05, 4.69) is 18.3 Å². The van der Waals surface area contributed by atoms with Crippen LogP contribution in [-0.4, -0.2) is 40.3 Å². The fourth-order valence-corrected chi connectivity index (χ4v) is 4.19. The lowest BCUT2D eigenvalue weighted by Crippen LogP contribution is -2.51. The Morgan fingerprint density at radius 2 is 1.85 bits per heavy atom. The van der Waals surface area contributed by atoms with Crippen LogP contribution in [0, 0.1) is 0 Å². The Bertz CT molecular complexity index is 736. The number of fused-ring (bicyclic) bond motifs is 1. The lowest BCUT2D eigenvalue weighted by Gasteiger charge is -2.32. The average molecular weight is 378 g/mol. The van der Waals surface area contributed by atoms with Crippen LogP contribution in [0.5, 0.6) is 0 Å². The highest BCUT2D eigenvalue weighted by molar-refractivity contribution is 6.04. The number of nitrogens with zero attached hydrogens (tertiary/aromatic N) is 2. The van der Waals surface area contributed by atoms with Crippen molar-refractivity contribution < 1.29 is 14.4 Å². The minimum Gasteiger partial charge on any atom is -0.314 e. The number of hydrazine groups is 1. The second kappa shape index (κ2) is 7.37. The number of hydrogen-bond acceptors (Lipinski definition) is 4. The number of halogens is 1. The van der Waals surface area contributed by atoms with Crippen molar-refractivity contribution >= 4 is 30.1 Å². The highest BCUT2D eigenvalue weighted by Crippen LogP contribution is 2.33. The first-order valence-corrected chi connectivity index (χ1v) is 9.08. The zero-order chi connectivity index (χ0) is 17.6. The Kier molecular flexibility index (Phi) is 5.34. The molecule has 3 aliphatic rings. The summed E-state index contributed by atoms with van der Waals surface area (Å²) in [5, 5.41) is 5.85. The molecule has 0 spiro atoms. The first-order chi connectivity index (χ1) is 12.0. The van der Waals surface area contributed by atoms with Gasteiger partial charge < -0.3 is 5.32 Å². The smallest absolute Gasteiger partial charge is 0.273 e. The SMILES string of the molecule is CC1CC(c2ccc3c(c2)CN(N2C(=O)CCCC2=O)C3=O)CCN1.Cl. The third-order valence-corrected chi connectivity index (χ3v) is 5.50. The highest BCUT2D eigenvalue weighted by Gasteiger charge is 2.39. The maximum Gasteiger partial charge on any atom is 0.273 e. The van der Waals surface area contributed by atoms with Gasteiger partial charge in [0.1, 0.15) is 0 Å². The van der Waals surface area contributed by atoms with Crippen LogP contribution in [0.15, 0.2) is 18.2 Å². The van der Waals surface area contributed by atoms with Crippen LogP contribution in [0.2, 0.25) is 0 Å². The van der Waals surface area contributed by atoms with Crippen LogP contribution in [-0.2, 0) is 16.1 Å². The lowest BCUT2D eigenvalue weighted by atomic mass is 9.86. The van der Waals surface area contributed by atoms with Gasteiger partial charge in [0.05, 0.1) is 6.54 Å². The summed E-state index contributed by atoms with van der Waals surface area (Å²) in [5.41, 5.74) is 2.77. The van der Waals surface area contributed by atoms with Crippen molar-refractivity contribution in [3.8, 4) is 0 Å². The minimum atomic E-state index is -0.273. The second-order valence-corrected chi connectivity index (χ2v) is 7.31. The Balaban J connectivity index is 0.00000196. The van der Waals surface area contributed by atoms with Crippen molar-refractivity contribution in [1.82, 2.24) is 15.3 Å². The number of carbonyl (C=O) groups is 3. The fraction of sp³-hybridized carbons (Fsp3) is 0.526. The van der Waals surface area contributed by atoms with Crippen LogP contribution < -0.4 is 5.32 Å². The molecule has 0 saturated carbocycles. The summed E-state index contributed by atoms with van der Waals surface area (Å²) in [6.45, 7) is 3.50. The van der Waals surface area contributed by atoms with E-state index in [0.29, 0.717) is 43.3 Å². The Hall–Kier alpha value is -1.92. The van der Waals surface area contributed by atoms with E-state index in [-0.39, 0.29) is 30.1 Å². The Morgan fingerprint density at radius 3 is 2.54 bits per heavy atom. The van der Waals surface area contributed by atoms with Gasteiger partial charge in [0, 0.05) is 24.4 Å². The zero-order valence-electron chi connectivity index (χ0n) is 14.9. The van der Waals surface area contributed by atoms with E-state index in [1.165, 1.54) is 10.6 Å². The standard InChI is InChI=1S/C19H23N3O3.ClH/c1-12-9-14(7-8-20-12)13-5-6-16-15(10-13)11-21(19(16)25)22-17(23)3-2-4-18(22)24;/h5-6,10,12,14,20H,2-4,7-9,11H2,1H3;1H.